The molecule has 2 aromatic carbocycles. The summed E-state index contributed by atoms with van der Waals surface area (Å²) in [6.45, 7) is 0. The van der Waals surface area contributed by atoms with Crippen LogP contribution in [0, 0.1) is 60.7 Å². The first kappa shape index (κ1) is 27.8. The minimum atomic E-state index is -2.20. The standard InChI is InChI=1S/C12Cl4N8O12/c13-1-2(14)4(16)7(19(25)26)5(3(1)15)17-18-6-8(20(27)28)10(22(31)32)12(24(35)36)11(23(33)34)9(6)21(29)30. The topological polar surface area (TPSA) is 284 Å². The average Bonchev–Trinajstić information content (AvgIpc) is 2.76. The molecule has 0 N–H and O–H groups in total. The van der Waals surface area contributed by atoms with E-state index in [0.717, 1.165) is 0 Å². The third kappa shape index (κ3) is 4.59. The summed E-state index contributed by atoms with van der Waals surface area (Å²) in [5, 5.41) is 71.8. The van der Waals surface area contributed by atoms with Gasteiger partial charge in [-0.1, -0.05) is 46.4 Å². The average molecular weight is 590 g/mol. The molecular formula is C12Cl4N8O12. The van der Waals surface area contributed by atoms with Crippen molar-refractivity contribution in [2.24, 2.45) is 10.2 Å². The highest BCUT2D eigenvalue weighted by molar-refractivity contribution is 6.53. The second-order valence-corrected chi connectivity index (χ2v) is 7.30. The Bertz CT molecular complexity index is 1410. The van der Waals surface area contributed by atoms with Gasteiger partial charge in [-0.25, -0.2) is 0 Å². The zero-order chi connectivity index (χ0) is 27.8. The molecule has 2 aromatic rings. The van der Waals surface area contributed by atoms with Gasteiger partial charge in [-0.05, 0) is 0 Å². The predicted octanol–water partition coefficient (Wildman–Crippen LogP) is 6.16. The first-order valence-corrected chi connectivity index (χ1v) is 9.45. The molecule has 20 nitrogen and oxygen atoms in total. The van der Waals surface area contributed by atoms with Gasteiger partial charge in [0.05, 0.1) is 44.6 Å². The molecule has 0 saturated heterocycles. The molecule has 0 aliphatic heterocycles. The van der Waals surface area contributed by atoms with Gasteiger partial charge in [-0.15, -0.1) is 10.2 Å². The minimum Gasteiger partial charge on any atom is -0.258 e. The van der Waals surface area contributed by atoms with Crippen LogP contribution in [0.1, 0.15) is 0 Å². The molecule has 0 heterocycles. The highest BCUT2D eigenvalue weighted by Crippen LogP contribution is 2.57. The van der Waals surface area contributed by atoms with Gasteiger partial charge < -0.3 is 0 Å². The predicted molar refractivity (Wildman–Crippen MR) is 117 cm³/mol. The van der Waals surface area contributed by atoms with Crippen LogP contribution in [0.25, 0.3) is 0 Å². The molecule has 36 heavy (non-hydrogen) atoms. The quantitative estimate of drug-likeness (QED) is 0.110. The molecule has 24 heteroatoms. The fraction of sp³-hybridized carbons (Fsp3) is 0. The van der Waals surface area contributed by atoms with Crippen molar-refractivity contribution in [3.05, 3.63) is 80.8 Å². The summed E-state index contributed by atoms with van der Waals surface area (Å²) in [4.78, 5) is 58.6. The molecule has 0 spiro atoms. The lowest BCUT2D eigenvalue weighted by molar-refractivity contribution is -0.459. The number of nitrogens with zero attached hydrogens (tertiary/aromatic N) is 8. The second-order valence-electron chi connectivity index (χ2n) is 5.79. The van der Waals surface area contributed by atoms with E-state index in [1.807, 2.05) is 0 Å². The zero-order valence-corrected chi connectivity index (χ0v) is 19.0. The van der Waals surface area contributed by atoms with Crippen LogP contribution in [0.5, 0.6) is 0 Å². The fourth-order valence-electron chi connectivity index (χ4n) is 2.60. The Kier molecular flexibility index (Phi) is 7.79. The lowest BCUT2D eigenvalue weighted by atomic mass is 10.1. The summed E-state index contributed by atoms with van der Waals surface area (Å²) in [6.07, 6.45) is 0. The summed E-state index contributed by atoms with van der Waals surface area (Å²) in [5.41, 5.74) is -14.9. The Hall–Kier alpha value is -4.40. The first-order chi connectivity index (χ1) is 16.6. The number of hydrogen-bond donors (Lipinski definition) is 0. The van der Waals surface area contributed by atoms with Gasteiger partial charge in [0.1, 0.15) is 5.02 Å². The Labute approximate surface area is 212 Å². The molecule has 188 valence electrons. The van der Waals surface area contributed by atoms with Gasteiger partial charge in [0, 0.05) is 0 Å². The first-order valence-electron chi connectivity index (χ1n) is 7.94. The van der Waals surface area contributed by atoms with Gasteiger partial charge in [-0.3, -0.25) is 60.7 Å². The summed E-state index contributed by atoms with van der Waals surface area (Å²) in [5.74, 6) is 0. The highest BCUT2D eigenvalue weighted by Gasteiger charge is 2.55. The molecule has 0 aromatic heterocycles. The van der Waals surface area contributed by atoms with E-state index < -0.39 is 95.1 Å². The SMILES string of the molecule is O=[N+]([O-])c1c(Cl)c(Cl)c(Cl)c(Cl)c1N=Nc1c([N+](=O)[O-])c([N+](=O)[O-])c([N+](=O)[O-])c([N+](=O)[O-])c1[N+](=O)[O-]. The third-order valence-corrected chi connectivity index (χ3v) is 5.69. The van der Waals surface area contributed by atoms with E-state index in [0.29, 0.717) is 0 Å². The van der Waals surface area contributed by atoms with Crippen LogP contribution in [0.4, 0.5) is 45.5 Å². The molecule has 0 saturated carbocycles. The molecule has 0 atom stereocenters. The van der Waals surface area contributed by atoms with Crippen LogP contribution < -0.4 is 0 Å². The molecule has 0 bridgehead atoms. The van der Waals surface area contributed by atoms with Gasteiger partial charge >= 0.3 is 34.1 Å². The van der Waals surface area contributed by atoms with E-state index in [9.17, 15) is 60.7 Å². The highest BCUT2D eigenvalue weighted by atomic mass is 35.5. The zero-order valence-electron chi connectivity index (χ0n) is 16.0. The largest absolute Gasteiger partial charge is 0.437 e. The van der Waals surface area contributed by atoms with Crippen molar-refractivity contribution in [2.45, 2.75) is 0 Å². The van der Waals surface area contributed by atoms with Crippen LogP contribution in [0.2, 0.25) is 20.1 Å². The minimum absolute atomic E-state index is 0.660. The van der Waals surface area contributed by atoms with Crippen molar-refractivity contribution in [3.63, 3.8) is 0 Å². The summed E-state index contributed by atoms with van der Waals surface area (Å²) in [6, 6.07) is 0. The lowest BCUT2D eigenvalue weighted by Gasteiger charge is -2.07. The van der Waals surface area contributed by atoms with Crippen LogP contribution in [-0.4, -0.2) is 29.5 Å². The van der Waals surface area contributed by atoms with Gasteiger partial charge in [-0.2, -0.15) is 0 Å². The number of rotatable bonds is 8. The fourth-order valence-corrected chi connectivity index (χ4v) is 3.54. The third-order valence-electron chi connectivity index (χ3n) is 3.91. The maximum atomic E-state index is 11.6. The van der Waals surface area contributed by atoms with Crippen molar-refractivity contribution < 1.29 is 29.5 Å². The number of halogens is 4. The van der Waals surface area contributed by atoms with Gasteiger partial charge in [0.15, 0.2) is 5.69 Å². The smallest absolute Gasteiger partial charge is 0.258 e. The van der Waals surface area contributed by atoms with Gasteiger partial charge in [0.2, 0.25) is 0 Å². The van der Waals surface area contributed by atoms with Crippen molar-refractivity contribution in [1.29, 1.82) is 0 Å². The summed E-state index contributed by atoms with van der Waals surface area (Å²) in [7, 11) is 0. The molecule has 0 aliphatic carbocycles. The maximum absolute atomic E-state index is 11.6. The Balaban J connectivity index is 3.24. The summed E-state index contributed by atoms with van der Waals surface area (Å²) >= 11 is 23.0. The van der Waals surface area contributed by atoms with E-state index >= 15 is 0 Å². The molecule has 0 amide bonds. The summed E-state index contributed by atoms with van der Waals surface area (Å²) < 4.78 is 0. The normalized spacial score (nSPS) is 10.9. The molecular weight excluding hydrogens is 590 g/mol. The Morgan fingerprint density at radius 2 is 0.667 bits per heavy atom. The van der Waals surface area contributed by atoms with E-state index in [2.05, 4.69) is 10.2 Å². The van der Waals surface area contributed by atoms with E-state index in [4.69, 9.17) is 46.4 Å². The molecule has 2 rings (SSSR count). The van der Waals surface area contributed by atoms with Crippen molar-refractivity contribution in [3.8, 4) is 0 Å². The maximum Gasteiger partial charge on any atom is 0.437 e. The van der Waals surface area contributed by atoms with Crippen molar-refractivity contribution >= 4 is 91.9 Å². The van der Waals surface area contributed by atoms with E-state index in [1.54, 1.807) is 0 Å². The number of azo groups is 1. The van der Waals surface area contributed by atoms with Gasteiger partial charge in [0.25, 0.3) is 5.69 Å². The molecule has 0 aliphatic rings. The van der Waals surface area contributed by atoms with Crippen LogP contribution >= 0.6 is 46.4 Å². The van der Waals surface area contributed by atoms with Crippen molar-refractivity contribution in [2.75, 3.05) is 0 Å². The molecule has 0 fully saturated rings. The van der Waals surface area contributed by atoms with Crippen LogP contribution in [0.15, 0.2) is 10.2 Å². The van der Waals surface area contributed by atoms with Crippen molar-refractivity contribution in [1.82, 2.24) is 0 Å². The number of hydrogen-bond acceptors (Lipinski definition) is 14. The molecule has 0 radical (unpaired) electrons. The Morgan fingerprint density at radius 1 is 0.389 bits per heavy atom. The number of nitro groups is 6. The number of benzene rings is 2. The van der Waals surface area contributed by atoms with Crippen LogP contribution in [0.3, 0.4) is 0 Å². The second kappa shape index (κ2) is 10.1. The number of nitro benzene ring substituents is 6. The monoisotopic (exact) mass is 588 g/mol. The van der Waals surface area contributed by atoms with Crippen LogP contribution in [-0.2, 0) is 0 Å². The lowest BCUT2D eigenvalue weighted by Crippen LogP contribution is -2.08. The molecule has 0 unspecified atom stereocenters. The van der Waals surface area contributed by atoms with E-state index in [-0.39, 0.29) is 0 Å². The van der Waals surface area contributed by atoms with E-state index in [1.165, 1.54) is 0 Å². The Morgan fingerprint density at radius 3 is 1.00 bits per heavy atom.